The summed E-state index contributed by atoms with van der Waals surface area (Å²) in [5.74, 6) is 3.44. The molecule has 8 nitrogen and oxygen atoms in total. The van der Waals surface area contributed by atoms with Crippen LogP contribution in [0.15, 0.2) is 55.1 Å². The van der Waals surface area contributed by atoms with E-state index in [1.165, 1.54) is 17.7 Å². The first-order chi connectivity index (χ1) is 19.7. The van der Waals surface area contributed by atoms with Crippen molar-refractivity contribution in [1.82, 2.24) is 19.7 Å². The van der Waals surface area contributed by atoms with Gasteiger partial charge in [-0.2, -0.15) is 0 Å². The van der Waals surface area contributed by atoms with Crippen molar-refractivity contribution < 1.29 is 14.3 Å². The Morgan fingerprint density at radius 3 is 2.65 bits per heavy atom. The van der Waals surface area contributed by atoms with Crippen molar-refractivity contribution in [3.63, 3.8) is 0 Å². The van der Waals surface area contributed by atoms with Crippen molar-refractivity contribution in [2.24, 2.45) is 0 Å². The molecule has 0 saturated carbocycles. The van der Waals surface area contributed by atoms with Crippen LogP contribution in [0.5, 0.6) is 17.2 Å². The molecule has 206 valence electrons. The molecule has 0 atom stereocenters. The summed E-state index contributed by atoms with van der Waals surface area (Å²) >= 11 is 1.57. The summed E-state index contributed by atoms with van der Waals surface area (Å²) in [6.07, 6.45) is 11.3. The Labute approximate surface area is 238 Å². The topological polar surface area (TPSA) is 91.2 Å². The lowest BCUT2D eigenvalue weighted by molar-refractivity contribution is 0.102. The molecular formula is C31H33N5O3S. The molecule has 1 amide bonds. The average molecular weight is 556 g/mol. The fourth-order valence-electron chi connectivity index (χ4n) is 5.19. The maximum absolute atomic E-state index is 13.2. The highest BCUT2D eigenvalue weighted by atomic mass is 32.1. The average Bonchev–Trinajstić information content (AvgIpc) is 3.49. The number of hydrogen-bond donors (Lipinski definition) is 1. The van der Waals surface area contributed by atoms with E-state index >= 15 is 0 Å². The summed E-state index contributed by atoms with van der Waals surface area (Å²) in [7, 11) is 0. The van der Waals surface area contributed by atoms with Crippen LogP contribution in [0.3, 0.4) is 0 Å². The number of ether oxygens (including phenoxy) is 2. The molecule has 9 heteroatoms. The quantitative estimate of drug-likeness (QED) is 0.177. The number of carbonyl (C=O) groups is 1. The van der Waals surface area contributed by atoms with E-state index in [0.29, 0.717) is 41.0 Å². The lowest BCUT2D eigenvalue weighted by atomic mass is 10.0. The number of anilines is 1. The Balaban J connectivity index is 1.21. The first-order valence-corrected chi connectivity index (χ1v) is 14.9. The van der Waals surface area contributed by atoms with Crippen molar-refractivity contribution in [2.45, 2.75) is 64.3 Å². The molecule has 2 aromatic carbocycles. The minimum atomic E-state index is -0.243. The van der Waals surface area contributed by atoms with Crippen molar-refractivity contribution in [3.8, 4) is 28.6 Å². The number of aryl methyl sites for hydroxylation is 3. The van der Waals surface area contributed by atoms with Gasteiger partial charge in [-0.1, -0.05) is 12.5 Å². The number of thiazole rings is 1. The second kappa shape index (κ2) is 12.0. The van der Waals surface area contributed by atoms with Crippen LogP contribution >= 0.6 is 11.3 Å². The molecule has 1 N–H and O–H groups in total. The molecule has 2 aromatic heterocycles. The maximum Gasteiger partial charge on any atom is 0.257 e. The van der Waals surface area contributed by atoms with Crippen molar-refractivity contribution in [1.29, 1.82) is 0 Å². The third-order valence-corrected chi connectivity index (χ3v) is 8.33. The second-order valence-electron chi connectivity index (χ2n) is 10.2. The van der Waals surface area contributed by atoms with Crippen LogP contribution < -0.4 is 14.8 Å². The lowest BCUT2D eigenvalue weighted by Gasteiger charge is -2.12. The number of benzene rings is 2. The minimum absolute atomic E-state index is 0.243. The zero-order valence-corrected chi connectivity index (χ0v) is 23.3. The molecule has 1 aliphatic carbocycles. The SMILES string of the molecule is C=CCCOc1cc(Oc2ccc(-c3nnc4n3CCCCC4)cc2)cc(C(=O)Nc2nc3c(s2)CCCC3)c1. The summed E-state index contributed by atoms with van der Waals surface area (Å²) in [5, 5.41) is 12.5. The van der Waals surface area contributed by atoms with E-state index in [1.807, 2.05) is 24.3 Å². The molecule has 4 aromatic rings. The zero-order chi connectivity index (χ0) is 27.3. The lowest BCUT2D eigenvalue weighted by Crippen LogP contribution is -2.12. The summed E-state index contributed by atoms with van der Waals surface area (Å²) < 4.78 is 14.3. The van der Waals surface area contributed by atoms with Gasteiger partial charge in [0.15, 0.2) is 11.0 Å². The highest BCUT2D eigenvalue weighted by Crippen LogP contribution is 2.32. The van der Waals surface area contributed by atoms with Gasteiger partial charge in [-0.05, 0) is 81.3 Å². The Kier molecular flexibility index (Phi) is 7.90. The number of aromatic nitrogens is 4. The number of fused-ring (bicyclic) bond motifs is 2. The van der Waals surface area contributed by atoms with Gasteiger partial charge in [-0.25, -0.2) is 4.98 Å². The Morgan fingerprint density at radius 2 is 1.80 bits per heavy atom. The van der Waals surface area contributed by atoms with E-state index in [9.17, 15) is 4.79 Å². The van der Waals surface area contributed by atoms with Gasteiger partial charge in [0.2, 0.25) is 0 Å². The van der Waals surface area contributed by atoms with Gasteiger partial charge in [0.05, 0.1) is 12.3 Å². The fourth-order valence-corrected chi connectivity index (χ4v) is 6.23. The highest BCUT2D eigenvalue weighted by molar-refractivity contribution is 7.15. The normalized spacial score (nSPS) is 14.5. The Hall–Kier alpha value is -3.98. The smallest absolute Gasteiger partial charge is 0.257 e. The van der Waals surface area contributed by atoms with E-state index < -0.39 is 0 Å². The van der Waals surface area contributed by atoms with Crippen LogP contribution in [0.4, 0.5) is 5.13 Å². The maximum atomic E-state index is 13.2. The third kappa shape index (κ3) is 5.94. The molecule has 0 fully saturated rings. The summed E-state index contributed by atoms with van der Waals surface area (Å²) in [6.45, 7) is 5.17. The van der Waals surface area contributed by atoms with Gasteiger partial charge < -0.3 is 14.0 Å². The van der Waals surface area contributed by atoms with Crippen LogP contribution in [0.25, 0.3) is 11.4 Å². The van der Waals surface area contributed by atoms with E-state index in [0.717, 1.165) is 68.0 Å². The number of hydrogen-bond acceptors (Lipinski definition) is 7. The molecule has 0 radical (unpaired) electrons. The first kappa shape index (κ1) is 26.3. The molecular weight excluding hydrogens is 522 g/mol. The molecule has 0 unspecified atom stereocenters. The fraction of sp³-hybridized carbons (Fsp3) is 0.355. The predicted molar refractivity (Wildman–Crippen MR) is 157 cm³/mol. The molecule has 1 aliphatic heterocycles. The largest absolute Gasteiger partial charge is 0.493 e. The minimum Gasteiger partial charge on any atom is -0.493 e. The van der Waals surface area contributed by atoms with Crippen LogP contribution in [0.2, 0.25) is 0 Å². The van der Waals surface area contributed by atoms with Crippen LogP contribution in [0.1, 0.15) is 65.3 Å². The molecule has 6 rings (SSSR count). The van der Waals surface area contributed by atoms with Crippen LogP contribution in [-0.2, 0) is 25.8 Å². The molecule has 40 heavy (non-hydrogen) atoms. The Morgan fingerprint density at radius 1 is 0.975 bits per heavy atom. The second-order valence-corrected chi connectivity index (χ2v) is 11.3. The van der Waals surface area contributed by atoms with Crippen molar-refractivity contribution in [2.75, 3.05) is 11.9 Å². The summed E-state index contributed by atoms with van der Waals surface area (Å²) in [4.78, 5) is 19.2. The van der Waals surface area contributed by atoms with E-state index in [-0.39, 0.29) is 5.91 Å². The summed E-state index contributed by atoms with van der Waals surface area (Å²) in [6, 6.07) is 13.1. The van der Waals surface area contributed by atoms with Gasteiger partial charge >= 0.3 is 0 Å². The molecule has 3 heterocycles. The van der Waals surface area contributed by atoms with E-state index in [1.54, 1.807) is 35.6 Å². The molecule has 0 saturated heterocycles. The molecule has 0 bridgehead atoms. The summed E-state index contributed by atoms with van der Waals surface area (Å²) in [5.41, 5.74) is 2.56. The molecule has 2 aliphatic rings. The zero-order valence-electron chi connectivity index (χ0n) is 22.5. The number of nitrogens with one attached hydrogen (secondary N) is 1. The van der Waals surface area contributed by atoms with Gasteiger partial charge in [-0.15, -0.1) is 28.1 Å². The van der Waals surface area contributed by atoms with Gasteiger partial charge in [-0.3, -0.25) is 10.1 Å². The van der Waals surface area contributed by atoms with Gasteiger partial charge in [0.25, 0.3) is 5.91 Å². The molecule has 0 spiro atoms. The number of amides is 1. The van der Waals surface area contributed by atoms with E-state index in [4.69, 9.17) is 9.47 Å². The number of rotatable bonds is 9. The predicted octanol–water partition coefficient (Wildman–Crippen LogP) is 7.01. The highest BCUT2D eigenvalue weighted by Gasteiger charge is 2.19. The Bertz CT molecular complexity index is 1480. The first-order valence-electron chi connectivity index (χ1n) is 14.1. The van der Waals surface area contributed by atoms with Gasteiger partial charge in [0, 0.05) is 35.0 Å². The number of carbonyl (C=O) groups excluding carboxylic acids is 1. The third-order valence-electron chi connectivity index (χ3n) is 7.26. The van der Waals surface area contributed by atoms with Crippen LogP contribution in [0, 0.1) is 0 Å². The van der Waals surface area contributed by atoms with Crippen molar-refractivity contribution >= 4 is 22.4 Å². The van der Waals surface area contributed by atoms with Crippen LogP contribution in [-0.4, -0.2) is 32.3 Å². The monoisotopic (exact) mass is 555 g/mol. The van der Waals surface area contributed by atoms with Crippen molar-refractivity contribution in [3.05, 3.63) is 77.1 Å². The van der Waals surface area contributed by atoms with Gasteiger partial charge in [0.1, 0.15) is 23.1 Å². The standard InChI is InChI=1S/C31H33N5O3S/c1-2-3-17-38-24-18-22(30(37)33-31-32-26-9-6-7-10-27(26)40-31)19-25(20-24)39-23-14-12-21(13-15-23)29-35-34-28-11-5-4-8-16-36(28)29/h2,12-15,18-20H,1,3-11,16-17H2,(H,32,33,37). The number of nitrogens with zero attached hydrogens (tertiary/aromatic N) is 4. The van der Waals surface area contributed by atoms with E-state index in [2.05, 4.69) is 31.6 Å².